The highest BCUT2D eigenvalue weighted by Crippen LogP contribution is 2.27. The standard InChI is InChI=1S/C18H13NO2.C12H18O4/c1-2-18(20)21-19-12-17-15-9-5-3-7-13(15)11-14-8-4-6-10-16(14)17;1-4-9(2)12(15)16-8-6-5-7-10(3)11(13)14/h2-12H,1H2;2-8H2,1H3,(H,13,14). The molecule has 0 bridgehead atoms. The third kappa shape index (κ3) is 8.89. The Morgan fingerprint density at radius 1 is 0.946 bits per heavy atom. The Morgan fingerprint density at radius 2 is 1.54 bits per heavy atom. The molecule has 0 spiro atoms. The maximum Gasteiger partial charge on any atom is 0.357 e. The molecular weight excluding hydrogens is 470 g/mol. The lowest BCUT2D eigenvalue weighted by Gasteiger charge is -2.07. The summed E-state index contributed by atoms with van der Waals surface area (Å²) in [5.41, 5.74) is 1.57. The van der Waals surface area contributed by atoms with E-state index in [9.17, 15) is 14.4 Å². The van der Waals surface area contributed by atoms with Gasteiger partial charge < -0.3 is 14.7 Å². The van der Waals surface area contributed by atoms with E-state index in [2.05, 4.69) is 43.1 Å². The summed E-state index contributed by atoms with van der Waals surface area (Å²) in [5.74, 6) is -1.92. The lowest BCUT2D eigenvalue weighted by Crippen LogP contribution is -2.08. The summed E-state index contributed by atoms with van der Waals surface area (Å²) in [6, 6.07) is 18.2. The molecule has 0 aliphatic carbocycles. The summed E-state index contributed by atoms with van der Waals surface area (Å²) in [6.45, 7) is 12.4. The molecule has 0 saturated carbocycles. The van der Waals surface area contributed by atoms with Crippen molar-refractivity contribution >= 4 is 45.7 Å². The van der Waals surface area contributed by atoms with E-state index in [0.717, 1.165) is 33.2 Å². The van der Waals surface area contributed by atoms with Gasteiger partial charge in [0.2, 0.25) is 0 Å². The molecule has 3 rings (SSSR count). The summed E-state index contributed by atoms with van der Waals surface area (Å²) >= 11 is 0. The molecule has 0 heterocycles. The number of carbonyl (C=O) groups is 3. The van der Waals surface area contributed by atoms with E-state index in [1.807, 2.05) is 43.3 Å². The van der Waals surface area contributed by atoms with Gasteiger partial charge >= 0.3 is 17.9 Å². The monoisotopic (exact) mass is 501 g/mol. The first-order valence-corrected chi connectivity index (χ1v) is 11.8. The number of esters is 1. The third-order valence-corrected chi connectivity index (χ3v) is 5.43. The first-order chi connectivity index (χ1) is 17.8. The molecule has 3 aromatic carbocycles. The molecule has 0 aliphatic heterocycles. The van der Waals surface area contributed by atoms with Gasteiger partial charge in [0.25, 0.3) is 0 Å². The van der Waals surface area contributed by atoms with Crippen molar-refractivity contribution < 1.29 is 29.1 Å². The number of benzene rings is 3. The van der Waals surface area contributed by atoms with Crippen LogP contribution in [0.4, 0.5) is 0 Å². The van der Waals surface area contributed by atoms with E-state index in [-0.39, 0.29) is 11.5 Å². The van der Waals surface area contributed by atoms with Crippen LogP contribution in [0.15, 0.2) is 96.7 Å². The highest BCUT2D eigenvalue weighted by atomic mass is 16.7. The molecule has 192 valence electrons. The fourth-order valence-corrected chi connectivity index (χ4v) is 3.31. The number of carboxylic acids is 1. The predicted octanol–water partition coefficient (Wildman–Crippen LogP) is 6.36. The normalized spacial score (nSPS) is 10.4. The van der Waals surface area contributed by atoms with Crippen LogP contribution in [0.3, 0.4) is 0 Å². The summed E-state index contributed by atoms with van der Waals surface area (Å²) in [6.07, 6.45) is 4.94. The average Bonchev–Trinajstić information content (AvgIpc) is 2.91. The van der Waals surface area contributed by atoms with Gasteiger partial charge in [-0.3, -0.25) is 0 Å². The lowest BCUT2D eigenvalue weighted by atomic mass is 9.97. The molecule has 0 aliphatic rings. The van der Waals surface area contributed by atoms with Crippen molar-refractivity contribution in [3.8, 4) is 0 Å². The molecule has 0 amide bonds. The molecule has 0 atom stereocenters. The van der Waals surface area contributed by atoms with Gasteiger partial charge in [-0.25, -0.2) is 14.4 Å². The Hall–Kier alpha value is -4.52. The zero-order valence-electron chi connectivity index (χ0n) is 20.9. The Morgan fingerprint density at radius 3 is 2.08 bits per heavy atom. The van der Waals surface area contributed by atoms with Crippen LogP contribution in [0.25, 0.3) is 21.5 Å². The van der Waals surface area contributed by atoms with Crippen molar-refractivity contribution in [2.45, 2.75) is 32.6 Å². The van der Waals surface area contributed by atoms with Crippen LogP contribution in [0.2, 0.25) is 0 Å². The Labute approximate surface area is 216 Å². The summed E-state index contributed by atoms with van der Waals surface area (Å²) in [5, 5.41) is 16.7. The zero-order chi connectivity index (χ0) is 27.2. The van der Waals surface area contributed by atoms with Gasteiger partial charge in [-0.1, -0.05) is 80.3 Å². The molecule has 37 heavy (non-hydrogen) atoms. The summed E-state index contributed by atoms with van der Waals surface area (Å²) in [7, 11) is 0. The number of aliphatic carboxylic acids is 1. The van der Waals surface area contributed by atoms with Crippen LogP contribution in [0.5, 0.6) is 0 Å². The molecule has 0 aromatic heterocycles. The van der Waals surface area contributed by atoms with Gasteiger partial charge in [0.05, 0.1) is 12.8 Å². The van der Waals surface area contributed by atoms with E-state index in [4.69, 9.17) is 14.7 Å². The number of oxime groups is 1. The number of unbranched alkanes of at least 4 members (excludes halogenated alkanes) is 1. The number of carboxylic acid groups (broad SMARTS) is 1. The number of ether oxygens (including phenoxy) is 1. The van der Waals surface area contributed by atoms with Gasteiger partial charge in [0, 0.05) is 22.8 Å². The molecule has 0 unspecified atom stereocenters. The highest BCUT2D eigenvalue weighted by molar-refractivity contribution is 6.13. The first-order valence-electron chi connectivity index (χ1n) is 11.8. The minimum atomic E-state index is -0.976. The van der Waals surface area contributed by atoms with Crippen molar-refractivity contribution in [2.24, 2.45) is 5.16 Å². The summed E-state index contributed by atoms with van der Waals surface area (Å²) in [4.78, 5) is 37.3. The molecule has 7 heteroatoms. The Balaban J connectivity index is 0.000000273. The van der Waals surface area contributed by atoms with Crippen LogP contribution >= 0.6 is 0 Å². The molecular formula is C30H31NO6. The predicted molar refractivity (Wildman–Crippen MR) is 146 cm³/mol. The topological polar surface area (TPSA) is 102 Å². The maximum atomic E-state index is 11.1. The third-order valence-electron chi connectivity index (χ3n) is 5.43. The second-order valence-corrected chi connectivity index (χ2v) is 8.04. The lowest BCUT2D eigenvalue weighted by molar-refractivity contribution is -0.139. The molecule has 3 aromatic rings. The quantitative estimate of drug-likeness (QED) is 0.0624. The number of carbonyl (C=O) groups excluding carboxylic acids is 2. The van der Waals surface area contributed by atoms with E-state index in [1.165, 1.54) is 0 Å². The number of rotatable bonds is 11. The summed E-state index contributed by atoms with van der Waals surface area (Å²) < 4.78 is 4.92. The van der Waals surface area contributed by atoms with E-state index < -0.39 is 11.9 Å². The highest BCUT2D eigenvalue weighted by Gasteiger charge is 2.07. The van der Waals surface area contributed by atoms with Crippen molar-refractivity contribution in [2.75, 3.05) is 6.61 Å². The van der Waals surface area contributed by atoms with Gasteiger partial charge in [-0.05, 0) is 53.3 Å². The van der Waals surface area contributed by atoms with Crippen molar-refractivity contribution in [1.29, 1.82) is 0 Å². The van der Waals surface area contributed by atoms with Crippen molar-refractivity contribution in [3.63, 3.8) is 0 Å². The van der Waals surface area contributed by atoms with Gasteiger partial charge in [0.15, 0.2) is 0 Å². The first kappa shape index (κ1) is 28.7. The largest absolute Gasteiger partial charge is 0.478 e. The fourth-order valence-electron chi connectivity index (χ4n) is 3.31. The number of fused-ring (bicyclic) bond motifs is 2. The van der Waals surface area contributed by atoms with Crippen LogP contribution in [0.1, 0.15) is 38.2 Å². The van der Waals surface area contributed by atoms with Crippen LogP contribution in [-0.4, -0.2) is 35.8 Å². The average molecular weight is 502 g/mol. The van der Waals surface area contributed by atoms with Crippen LogP contribution in [0, 0.1) is 0 Å². The van der Waals surface area contributed by atoms with E-state index >= 15 is 0 Å². The smallest absolute Gasteiger partial charge is 0.357 e. The molecule has 0 saturated heterocycles. The number of hydrogen-bond donors (Lipinski definition) is 1. The van der Waals surface area contributed by atoms with Crippen molar-refractivity contribution in [3.05, 3.63) is 97.1 Å². The van der Waals surface area contributed by atoms with Crippen molar-refractivity contribution in [1.82, 2.24) is 0 Å². The molecule has 7 nitrogen and oxygen atoms in total. The van der Waals surface area contributed by atoms with Gasteiger partial charge in [-0.15, -0.1) is 0 Å². The van der Waals surface area contributed by atoms with E-state index in [1.54, 1.807) is 6.21 Å². The maximum absolute atomic E-state index is 11.1. The van der Waals surface area contributed by atoms with Crippen LogP contribution in [-0.2, 0) is 24.0 Å². The fraction of sp³-hybridized carbons (Fsp3) is 0.200. The van der Waals surface area contributed by atoms with Gasteiger partial charge in [-0.2, -0.15) is 0 Å². The number of hydrogen-bond acceptors (Lipinski definition) is 6. The van der Waals surface area contributed by atoms with Crippen LogP contribution < -0.4 is 0 Å². The van der Waals surface area contributed by atoms with E-state index in [0.29, 0.717) is 37.9 Å². The molecule has 0 fully saturated rings. The Kier molecular flexibility index (Phi) is 11.5. The second kappa shape index (κ2) is 14.8. The zero-order valence-corrected chi connectivity index (χ0v) is 20.9. The van der Waals surface area contributed by atoms with Gasteiger partial charge in [0.1, 0.15) is 0 Å². The molecule has 1 N–H and O–H groups in total. The minimum Gasteiger partial charge on any atom is -0.478 e. The second-order valence-electron chi connectivity index (χ2n) is 8.04. The minimum absolute atomic E-state index is 0.185. The molecule has 0 radical (unpaired) electrons. The number of nitrogens with zero attached hydrogens (tertiary/aromatic N) is 1. The SMILES string of the molecule is C=C(CCCCOC(=O)C(=C)CC)C(=O)O.C=CC(=O)ON=Cc1c2ccccc2cc2ccccc12. The Bertz CT molecular complexity index is 1280.